The quantitative estimate of drug-likeness (QED) is 0.603. The van der Waals surface area contributed by atoms with Crippen molar-refractivity contribution in [1.29, 1.82) is 0 Å². The van der Waals surface area contributed by atoms with E-state index in [1.807, 2.05) is 6.92 Å². The summed E-state index contributed by atoms with van der Waals surface area (Å²) in [5.41, 5.74) is 5.30. The number of amides is 1. The number of primary amides is 1. The summed E-state index contributed by atoms with van der Waals surface area (Å²) in [5, 5.41) is 8.98. The van der Waals surface area contributed by atoms with Gasteiger partial charge in [-0.05, 0) is 24.8 Å². The number of nitrogens with two attached hydrogens (primary N) is 1. The molecule has 4 N–H and O–H groups in total. The lowest BCUT2D eigenvalue weighted by atomic mass is 10.0. The second-order valence-corrected chi connectivity index (χ2v) is 6.82. The Labute approximate surface area is 125 Å². The molecule has 0 bridgehead atoms. The van der Waals surface area contributed by atoms with Gasteiger partial charge in [-0.1, -0.05) is 13.3 Å². The fourth-order valence-corrected chi connectivity index (χ4v) is 3.36. The highest BCUT2D eigenvalue weighted by molar-refractivity contribution is 7.89. The highest BCUT2D eigenvalue weighted by Crippen LogP contribution is 2.15. The highest BCUT2D eigenvalue weighted by Gasteiger charge is 2.20. The van der Waals surface area contributed by atoms with Crippen LogP contribution in [0.5, 0.6) is 0 Å². The zero-order valence-electron chi connectivity index (χ0n) is 12.4. The standard InChI is InChI=1S/C13H23N3O4S/c1-3-4-10(5-6-17)8-15-21(19,20)11-7-12(13(14)18)16(2)9-11/h7,9-10,15,17H,3-6,8H2,1-2H3,(H2,14,18). The van der Waals surface area contributed by atoms with Crippen molar-refractivity contribution in [1.82, 2.24) is 9.29 Å². The van der Waals surface area contributed by atoms with Crippen molar-refractivity contribution < 1.29 is 18.3 Å². The lowest BCUT2D eigenvalue weighted by Gasteiger charge is -2.15. The van der Waals surface area contributed by atoms with Gasteiger partial charge in [0.15, 0.2) is 0 Å². The molecule has 7 nitrogen and oxygen atoms in total. The van der Waals surface area contributed by atoms with Crippen LogP contribution in [0.2, 0.25) is 0 Å². The molecular formula is C13H23N3O4S. The summed E-state index contributed by atoms with van der Waals surface area (Å²) < 4.78 is 28.3. The molecule has 1 amide bonds. The molecule has 21 heavy (non-hydrogen) atoms. The minimum absolute atomic E-state index is 0.0121. The SMILES string of the molecule is CCCC(CCO)CNS(=O)(=O)c1cc(C(N)=O)n(C)c1. The third-order valence-electron chi connectivity index (χ3n) is 3.34. The van der Waals surface area contributed by atoms with Crippen LogP contribution in [0.4, 0.5) is 0 Å². The van der Waals surface area contributed by atoms with Gasteiger partial charge in [0.05, 0.1) is 0 Å². The predicted molar refractivity (Wildman–Crippen MR) is 79.2 cm³/mol. The van der Waals surface area contributed by atoms with Crippen molar-refractivity contribution in [2.24, 2.45) is 18.7 Å². The number of nitrogens with zero attached hydrogens (tertiary/aromatic N) is 1. The molecule has 1 unspecified atom stereocenters. The minimum atomic E-state index is -3.69. The number of hydrogen-bond acceptors (Lipinski definition) is 4. The van der Waals surface area contributed by atoms with Gasteiger partial charge in [0.25, 0.3) is 5.91 Å². The Morgan fingerprint density at radius 3 is 2.62 bits per heavy atom. The van der Waals surface area contributed by atoms with Crippen molar-refractivity contribution in [3.8, 4) is 0 Å². The van der Waals surface area contributed by atoms with Crippen molar-refractivity contribution in [2.45, 2.75) is 31.1 Å². The van der Waals surface area contributed by atoms with Crippen LogP contribution >= 0.6 is 0 Å². The fraction of sp³-hybridized carbons (Fsp3) is 0.615. The summed E-state index contributed by atoms with van der Waals surface area (Å²) in [6.07, 6.45) is 3.66. The Morgan fingerprint density at radius 1 is 1.48 bits per heavy atom. The zero-order chi connectivity index (χ0) is 16.0. The van der Waals surface area contributed by atoms with E-state index in [0.717, 1.165) is 12.8 Å². The zero-order valence-corrected chi connectivity index (χ0v) is 13.2. The van der Waals surface area contributed by atoms with Crippen LogP contribution in [0.1, 0.15) is 36.7 Å². The van der Waals surface area contributed by atoms with Crippen LogP contribution < -0.4 is 10.5 Å². The van der Waals surface area contributed by atoms with E-state index in [9.17, 15) is 13.2 Å². The first-order valence-corrected chi connectivity index (χ1v) is 8.36. The van der Waals surface area contributed by atoms with E-state index >= 15 is 0 Å². The first-order chi connectivity index (χ1) is 9.81. The maximum absolute atomic E-state index is 12.2. The number of aliphatic hydroxyl groups is 1. The van der Waals surface area contributed by atoms with E-state index in [0.29, 0.717) is 6.42 Å². The van der Waals surface area contributed by atoms with Crippen LogP contribution in [0, 0.1) is 5.92 Å². The third kappa shape index (κ3) is 4.83. The van der Waals surface area contributed by atoms with Gasteiger partial charge < -0.3 is 15.4 Å². The summed E-state index contributed by atoms with van der Waals surface area (Å²) in [4.78, 5) is 11.2. The first kappa shape index (κ1) is 17.7. The third-order valence-corrected chi connectivity index (χ3v) is 4.73. The summed E-state index contributed by atoms with van der Waals surface area (Å²) in [7, 11) is -2.13. The molecule has 1 atom stereocenters. The van der Waals surface area contributed by atoms with Gasteiger partial charge in [-0.2, -0.15) is 0 Å². The summed E-state index contributed by atoms with van der Waals surface area (Å²) in [6.45, 7) is 2.30. The number of carbonyl (C=O) groups is 1. The molecule has 0 spiro atoms. The molecule has 0 aliphatic carbocycles. The molecule has 0 saturated heterocycles. The second-order valence-electron chi connectivity index (χ2n) is 5.06. The smallest absolute Gasteiger partial charge is 0.265 e. The number of carbonyl (C=O) groups excluding carboxylic acids is 1. The number of aryl methyl sites for hydroxylation is 1. The molecule has 0 aromatic carbocycles. The van der Waals surface area contributed by atoms with Crippen molar-refractivity contribution in [3.63, 3.8) is 0 Å². The number of sulfonamides is 1. The van der Waals surface area contributed by atoms with Gasteiger partial charge in [-0.15, -0.1) is 0 Å². The van der Waals surface area contributed by atoms with Gasteiger partial charge in [-0.3, -0.25) is 4.79 Å². The normalized spacial score (nSPS) is 13.3. The van der Waals surface area contributed by atoms with Crippen molar-refractivity contribution in [2.75, 3.05) is 13.2 Å². The lowest BCUT2D eigenvalue weighted by molar-refractivity contribution is 0.0992. The number of aliphatic hydroxyl groups excluding tert-OH is 1. The van der Waals surface area contributed by atoms with Crippen molar-refractivity contribution >= 4 is 15.9 Å². The molecule has 120 valence electrons. The number of rotatable bonds is 9. The van der Waals surface area contributed by atoms with Crippen LogP contribution in [-0.2, 0) is 17.1 Å². The molecule has 0 aliphatic rings. The Hall–Kier alpha value is -1.38. The van der Waals surface area contributed by atoms with E-state index in [4.69, 9.17) is 10.8 Å². The number of hydrogen-bond donors (Lipinski definition) is 3. The molecule has 1 aromatic rings. The largest absolute Gasteiger partial charge is 0.396 e. The van der Waals surface area contributed by atoms with E-state index in [-0.39, 0.29) is 29.7 Å². The Balaban J connectivity index is 2.81. The van der Waals surface area contributed by atoms with Crippen LogP contribution in [-0.4, -0.2) is 37.2 Å². The maximum Gasteiger partial charge on any atom is 0.265 e. The average Bonchev–Trinajstić information content (AvgIpc) is 2.80. The van der Waals surface area contributed by atoms with Gasteiger partial charge in [0.2, 0.25) is 10.0 Å². The molecule has 0 saturated carbocycles. The van der Waals surface area contributed by atoms with Crippen LogP contribution in [0.15, 0.2) is 17.2 Å². The molecule has 0 fully saturated rings. The number of aromatic nitrogens is 1. The minimum Gasteiger partial charge on any atom is -0.396 e. The van der Waals surface area contributed by atoms with Gasteiger partial charge in [-0.25, -0.2) is 13.1 Å². The molecule has 1 rings (SSSR count). The summed E-state index contributed by atoms with van der Waals surface area (Å²) in [6, 6.07) is 1.26. The van der Waals surface area contributed by atoms with Crippen LogP contribution in [0.25, 0.3) is 0 Å². The first-order valence-electron chi connectivity index (χ1n) is 6.88. The predicted octanol–water partition coefficient (Wildman–Crippen LogP) is 0.201. The maximum atomic E-state index is 12.2. The molecule has 1 heterocycles. The summed E-state index contributed by atoms with van der Waals surface area (Å²) >= 11 is 0. The molecule has 0 radical (unpaired) electrons. The lowest BCUT2D eigenvalue weighted by Crippen LogP contribution is -2.29. The van der Waals surface area contributed by atoms with E-state index in [1.165, 1.54) is 16.8 Å². The second kappa shape index (κ2) is 7.58. The van der Waals surface area contributed by atoms with Gasteiger partial charge >= 0.3 is 0 Å². The fourth-order valence-electron chi connectivity index (χ4n) is 2.18. The van der Waals surface area contributed by atoms with Crippen LogP contribution in [0.3, 0.4) is 0 Å². The highest BCUT2D eigenvalue weighted by atomic mass is 32.2. The van der Waals surface area contributed by atoms with Gasteiger partial charge in [0, 0.05) is 26.4 Å². The van der Waals surface area contributed by atoms with E-state index in [1.54, 1.807) is 7.05 Å². The molecule has 0 aliphatic heterocycles. The Kier molecular flexibility index (Phi) is 6.38. The average molecular weight is 317 g/mol. The topological polar surface area (TPSA) is 114 Å². The molecular weight excluding hydrogens is 294 g/mol. The Bertz CT molecular complexity index is 574. The van der Waals surface area contributed by atoms with Gasteiger partial charge in [0.1, 0.15) is 10.6 Å². The van der Waals surface area contributed by atoms with E-state index in [2.05, 4.69) is 4.72 Å². The molecule has 1 aromatic heterocycles. The van der Waals surface area contributed by atoms with E-state index < -0.39 is 15.9 Å². The summed E-state index contributed by atoms with van der Waals surface area (Å²) in [5.74, 6) is -0.586. The Morgan fingerprint density at radius 2 is 2.14 bits per heavy atom. The van der Waals surface area contributed by atoms with Crippen molar-refractivity contribution in [3.05, 3.63) is 18.0 Å². The number of nitrogens with one attached hydrogen (secondary N) is 1. The monoisotopic (exact) mass is 317 g/mol. The molecule has 8 heteroatoms.